The Bertz CT molecular complexity index is 1650. The van der Waals surface area contributed by atoms with Gasteiger partial charge in [0.2, 0.25) is 0 Å². The van der Waals surface area contributed by atoms with E-state index in [1.807, 2.05) is 0 Å². The Hall–Kier alpha value is -4.36. The molecule has 0 unspecified atom stereocenters. The van der Waals surface area contributed by atoms with Crippen LogP contribution in [-0.4, -0.2) is 0 Å². The molecule has 0 N–H and O–H groups in total. The van der Waals surface area contributed by atoms with Gasteiger partial charge in [-0.2, -0.15) is 0 Å². The van der Waals surface area contributed by atoms with Crippen LogP contribution in [0.1, 0.15) is 68.2 Å². The highest BCUT2D eigenvalue weighted by atomic mass is 15.2. The van der Waals surface area contributed by atoms with Crippen molar-refractivity contribution in [1.82, 2.24) is 0 Å². The average molecular weight is 534 g/mol. The lowest BCUT2D eigenvalue weighted by molar-refractivity contribution is 0.917. The number of rotatable bonds is 4. The van der Waals surface area contributed by atoms with Crippen molar-refractivity contribution < 1.29 is 0 Å². The summed E-state index contributed by atoms with van der Waals surface area (Å²) in [5, 5.41) is 0. The lowest BCUT2D eigenvalue weighted by Gasteiger charge is -2.31. The smallest absolute Gasteiger partial charge is 0.0493 e. The molecule has 2 aromatic rings. The summed E-state index contributed by atoms with van der Waals surface area (Å²) in [7, 11) is 0. The molecule has 0 bridgehead atoms. The topological polar surface area (TPSA) is 3.24 Å². The first-order valence-electron chi connectivity index (χ1n) is 15.0. The number of hydrogen-bond donors (Lipinski definition) is 0. The van der Waals surface area contributed by atoms with E-state index in [4.69, 9.17) is 0 Å². The fourth-order valence-corrected chi connectivity index (χ4v) is 6.43. The number of nitrogens with zero attached hydrogens (tertiary/aromatic N) is 1. The highest BCUT2D eigenvalue weighted by Crippen LogP contribution is 2.45. The van der Waals surface area contributed by atoms with Gasteiger partial charge in [0.15, 0.2) is 0 Å². The van der Waals surface area contributed by atoms with Gasteiger partial charge in [-0.1, -0.05) is 110 Å². The van der Waals surface area contributed by atoms with Crippen LogP contribution in [-0.2, 0) is 6.42 Å². The predicted octanol–water partition coefficient (Wildman–Crippen LogP) is 10.8. The molecular weight excluding hydrogens is 494 g/mol. The standard InChI is InChI=1S/C40H39N/c1-4-5-7-19-34-26-29(2)37-22-12-13-23-38(37)40(34)35-24-25-39-33(27-35)18-9-6-8-15-30(3)41(39)36-21-14-20-31-16-10-11-17-32(31)28-36/h5-11,13-17,19-20,23-25,27-28H,3-4,12,18,21-22,26H2,1-2H3/b7-5-,9-6-,15-8-,34-19+. The van der Waals surface area contributed by atoms with Crippen molar-refractivity contribution >= 4 is 23.4 Å². The zero-order valence-electron chi connectivity index (χ0n) is 24.4. The van der Waals surface area contributed by atoms with E-state index in [1.54, 1.807) is 0 Å². The summed E-state index contributed by atoms with van der Waals surface area (Å²) in [4.78, 5) is 2.37. The number of allylic oxidation sites excluding steroid dienone is 15. The molecule has 3 aliphatic carbocycles. The van der Waals surface area contributed by atoms with Crippen LogP contribution in [0.2, 0.25) is 0 Å². The SMILES string of the molecule is C=C1/C=C\C=C/Cc2cc(C3=C4C=CCCC4=C(C)C/C3=C\C=C/CC)ccc2N1C1=Cc2ccccc2C=CC1. The zero-order chi connectivity index (χ0) is 28.2. The van der Waals surface area contributed by atoms with E-state index in [9.17, 15) is 0 Å². The number of fused-ring (bicyclic) bond motifs is 3. The van der Waals surface area contributed by atoms with Crippen LogP contribution in [0, 0.1) is 0 Å². The molecule has 204 valence electrons. The molecule has 1 nitrogen and oxygen atoms in total. The van der Waals surface area contributed by atoms with Crippen LogP contribution < -0.4 is 4.90 Å². The minimum absolute atomic E-state index is 0.848. The van der Waals surface area contributed by atoms with E-state index < -0.39 is 0 Å². The van der Waals surface area contributed by atoms with Crippen molar-refractivity contribution in [1.29, 1.82) is 0 Å². The van der Waals surface area contributed by atoms with E-state index in [0.717, 1.165) is 44.2 Å². The molecule has 0 saturated heterocycles. The Morgan fingerprint density at radius 1 is 0.927 bits per heavy atom. The zero-order valence-corrected chi connectivity index (χ0v) is 24.4. The normalized spacial score (nSPS) is 21.1. The minimum Gasteiger partial charge on any atom is -0.314 e. The van der Waals surface area contributed by atoms with Crippen molar-refractivity contribution in [2.24, 2.45) is 0 Å². The second-order valence-corrected chi connectivity index (χ2v) is 11.2. The molecule has 0 atom stereocenters. The van der Waals surface area contributed by atoms with E-state index in [2.05, 4.69) is 141 Å². The van der Waals surface area contributed by atoms with Gasteiger partial charge >= 0.3 is 0 Å². The monoisotopic (exact) mass is 533 g/mol. The first-order chi connectivity index (χ1) is 20.1. The summed E-state index contributed by atoms with van der Waals surface area (Å²) in [6.07, 6.45) is 33.1. The van der Waals surface area contributed by atoms with E-state index >= 15 is 0 Å². The number of benzene rings is 2. The molecular formula is C40H39N. The third kappa shape index (κ3) is 5.50. The Labute approximate surface area is 246 Å². The van der Waals surface area contributed by atoms with Crippen LogP contribution in [0.15, 0.2) is 143 Å². The molecule has 0 saturated carbocycles. The molecule has 0 spiro atoms. The fraction of sp³-hybridized carbons (Fsp3) is 0.200. The quantitative estimate of drug-likeness (QED) is 0.378. The van der Waals surface area contributed by atoms with Crippen molar-refractivity contribution in [2.45, 2.75) is 52.4 Å². The Morgan fingerprint density at radius 3 is 2.68 bits per heavy atom. The van der Waals surface area contributed by atoms with Crippen molar-refractivity contribution in [2.75, 3.05) is 4.90 Å². The van der Waals surface area contributed by atoms with Gasteiger partial charge in [-0.15, -0.1) is 0 Å². The number of anilines is 1. The van der Waals surface area contributed by atoms with Crippen LogP contribution in [0.25, 0.3) is 17.7 Å². The molecule has 1 aliphatic heterocycles. The molecule has 2 aromatic carbocycles. The van der Waals surface area contributed by atoms with Gasteiger partial charge in [0.05, 0.1) is 0 Å². The van der Waals surface area contributed by atoms with Gasteiger partial charge in [0, 0.05) is 23.5 Å². The number of hydrogen-bond acceptors (Lipinski definition) is 1. The largest absolute Gasteiger partial charge is 0.314 e. The first kappa shape index (κ1) is 26.8. The van der Waals surface area contributed by atoms with Gasteiger partial charge in [-0.05, 0) is 108 Å². The summed E-state index contributed by atoms with van der Waals surface area (Å²) < 4.78 is 0. The highest BCUT2D eigenvalue weighted by Gasteiger charge is 2.26. The van der Waals surface area contributed by atoms with Crippen LogP contribution >= 0.6 is 0 Å². The Kier molecular flexibility index (Phi) is 7.87. The lowest BCUT2D eigenvalue weighted by Crippen LogP contribution is -2.21. The van der Waals surface area contributed by atoms with Crippen molar-refractivity contribution in [3.05, 3.63) is 166 Å². The predicted molar refractivity (Wildman–Crippen MR) is 178 cm³/mol. The van der Waals surface area contributed by atoms with E-state index in [0.29, 0.717) is 0 Å². The van der Waals surface area contributed by atoms with E-state index in [1.165, 1.54) is 61.5 Å². The highest BCUT2D eigenvalue weighted by molar-refractivity contribution is 5.90. The summed E-state index contributed by atoms with van der Waals surface area (Å²) in [5.74, 6) is 0. The van der Waals surface area contributed by atoms with Crippen LogP contribution in [0.5, 0.6) is 0 Å². The first-order valence-corrected chi connectivity index (χ1v) is 15.0. The summed E-state index contributed by atoms with van der Waals surface area (Å²) in [6, 6.07) is 15.7. The molecule has 1 heterocycles. The molecule has 0 radical (unpaired) electrons. The average Bonchev–Trinajstić information content (AvgIpc) is 3.16. The van der Waals surface area contributed by atoms with Crippen molar-refractivity contribution in [3.8, 4) is 0 Å². The van der Waals surface area contributed by atoms with Gasteiger partial charge in [0.1, 0.15) is 0 Å². The molecule has 0 amide bonds. The molecule has 4 aliphatic rings. The van der Waals surface area contributed by atoms with Crippen LogP contribution in [0.3, 0.4) is 0 Å². The second kappa shape index (κ2) is 12.0. The van der Waals surface area contributed by atoms with Gasteiger partial charge < -0.3 is 4.90 Å². The maximum absolute atomic E-state index is 4.53. The van der Waals surface area contributed by atoms with E-state index in [-0.39, 0.29) is 0 Å². The molecule has 1 heteroatoms. The second-order valence-electron chi connectivity index (χ2n) is 11.2. The summed E-state index contributed by atoms with van der Waals surface area (Å²) >= 11 is 0. The maximum atomic E-state index is 4.53. The molecule has 0 aromatic heterocycles. The Balaban J connectivity index is 1.51. The maximum Gasteiger partial charge on any atom is 0.0493 e. The molecule has 0 fully saturated rings. The Morgan fingerprint density at radius 2 is 1.80 bits per heavy atom. The lowest BCUT2D eigenvalue weighted by atomic mass is 9.76. The van der Waals surface area contributed by atoms with Crippen molar-refractivity contribution in [3.63, 3.8) is 0 Å². The summed E-state index contributed by atoms with van der Waals surface area (Å²) in [5.41, 5.74) is 15.8. The van der Waals surface area contributed by atoms with Gasteiger partial charge in [0.25, 0.3) is 0 Å². The van der Waals surface area contributed by atoms with Crippen LogP contribution in [0.4, 0.5) is 5.69 Å². The minimum atomic E-state index is 0.848. The third-order valence-corrected chi connectivity index (χ3v) is 8.40. The third-order valence-electron chi connectivity index (χ3n) is 8.40. The fourth-order valence-electron chi connectivity index (χ4n) is 6.43. The summed E-state index contributed by atoms with van der Waals surface area (Å²) in [6.45, 7) is 9.04. The molecule has 41 heavy (non-hydrogen) atoms. The van der Waals surface area contributed by atoms with Gasteiger partial charge in [-0.3, -0.25) is 0 Å². The molecule has 6 rings (SSSR count). The van der Waals surface area contributed by atoms with Gasteiger partial charge in [-0.25, -0.2) is 0 Å².